The molecule has 2 amide bonds. The lowest BCUT2D eigenvalue weighted by Crippen LogP contribution is -2.42. The van der Waals surface area contributed by atoms with E-state index in [1.807, 2.05) is 49.5 Å². The van der Waals surface area contributed by atoms with Gasteiger partial charge in [0.25, 0.3) is 5.91 Å². The lowest BCUT2D eigenvalue weighted by atomic mass is 9.84. The van der Waals surface area contributed by atoms with E-state index in [2.05, 4.69) is 20.7 Å². The number of carbonyl (C=O) groups excluding carboxylic acids is 2. The molecule has 1 aliphatic rings. The van der Waals surface area contributed by atoms with Gasteiger partial charge in [-0.05, 0) is 54.8 Å². The minimum absolute atomic E-state index is 0.0821. The van der Waals surface area contributed by atoms with Gasteiger partial charge >= 0.3 is 6.09 Å². The van der Waals surface area contributed by atoms with Crippen LogP contribution in [0.3, 0.4) is 0 Å². The molecule has 2 unspecified atom stereocenters. The fraction of sp³-hybridized carbons (Fsp3) is 0.500. The van der Waals surface area contributed by atoms with Crippen LogP contribution in [0.1, 0.15) is 66.1 Å². The SMILES string of the molecule is CNCC(CC1CCCCC1)NC(=O)c1cccc(C(OCCNC(=O)OC)c2cccc(Cl)c2)c1. The van der Waals surface area contributed by atoms with E-state index in [1.54, 1.807) is 6.07 Å². The number of alkyl carbamates (subject to hydrolysis) is 1. The van der Waals surface area contributed by atoms with Crippen LogP contribution in [0.2, 0.25) is 5.02 Å². The highest BCUT2D eigenvalue weighted by atomic mass is 35.5. The van der Waals surface area contributed by atoms with Crippen LogP contribution in [0.5, 0.6) is 0 Å². The summed E-state index contributed by atoms with van der Waals surface area (Å²) in [4.78, 5) is 24.6. The molecule has 2 atom stereocenters. The van der Waals surface area contributed by atoms with Crippen LogP contribution >= 0.6 is 11.6 Å². The van der Waals surface area contributed by atoms with E-state index < -0.39 is 12.2 Å². The zero-order valence-corrected chi connectivity index (χ0v) is 22.0. The minimum atomic E-state index is -0.513. The summed E-state index contributed by atoms with van der Waals surface area (Å²) in [6.45, 7) is 1.29. The predicted molar refractivity (Wildman–Crippen MR) is 142 cm³/mol. The lowest BCUT2D eigenvalue weighted by molar-refractivity contribution is 0.0804. The van der Waals surface area contributed by atoms with Crippen molar-refractivity contribution in [2.75, 3.05) is 33.9 Å². The van der Waals surface area contributed by atoms with Crippen molar-refractivity contribution >= 4 is 23.6 Å². The van der Waals surface area contributed by atoms with Crippen molar-refractivity contribution in [3.05, 3.63) is 70.2 Å². The van der Waals surface area contributed by atoms with Gasteiger partial charge in [-0.15, -0.1) is 0 Å². The Hall–Kier alpha value is -2.61. The van der Waals surface area contributed by atoms with Crippen molar-refractivity contribution in [1.82, 2.24) is 16.0 Å². The van der Waals surface area contributed by atoms with Gasteiger partial charge in [-0.3, -0.25) is 4.79 Å². The molecule has 0 aromatic heterocycles. The number of likely N-dealkylation sites (N-methyl/N-ethyl adjacent to an activating group) is 1. The Labute approximate surface area is 219 Å². The van der Waals surface area contributed by atoms with Crippen molar-refractivity contribution in [3.63, 3.8) is 0 Å². The number of carbonyl (C=O) groups is 2. The van der Waals surface area contributed by atoms with Gasteiger partial charge in [0.1, 0.15) is 6.10 Å². The fourth-order valence-corrected chi connectivity index (χ4v) is 5.03. The van der Waals surface area contributed by atoms with Crippen molar-refractivity contribution in [2.45, 2.75) is 50.7 Å². The zero-order chi connectivity index (χ0) is 25.8. The molecule has 1 fully saturated rings. The van der Waals surface area contributed by atoms with E-state index >= 15 is 0 Å². The van der Waals surface area contributed by atoms with Crippen LogP contribution in [0.15, 0.2) is 48.5 Å². The molecule has 7 nitrogen and oxygen atoms in total. The summed E-state index contributed by atoms with van der Waals surface area (Å²) in [5, 5.41) is 9.68. The van der Waals surface area contributed by atoms with Crippen LogP contribution in [-0.4, -0.2) is 51.9 Å². The Bertz CT molecular complexity index is 981. The highest BCUT2D eigenvalue weighted by molar-refractivity contribution is 6.30. The summed E-state index contributed by atoms with van der Waals surface area (Å²) in [5.41, 5.74) is 2.28. The molecule has 2 aromatic rings. The standard InChI is InChI=1S/C28H38ClN3O4/c1-30-19-25(16-20-8-4-3-5-9-20)32-27(33)23-12-6-10-21(17-23)26(22-11-7-13-24(29)18-22)36-15-14-31-28(34)35-2/h6-7,10-13,17-18,20,25-26,30H,3-5,8-9,14-16,19H2,1-2H3,(H,31,34)(H,32,33). The Morgan fingerprint density at radius 1 is 1.06 bits per heavy atom. The van der Waals surface area contributed by atoms with E-state index in [0.29, 0.717) is 16.5 Å². The molecule has 1 aliphatic carbocycles. The quantitative estimate of drug-likeness (QED) is 0.343. The van der Waals surface area contributed by atoms with Gasteiger partial charge < -0.3 is 25.4 Å². The largest absolute Gasteiger partial charge is 0.453 e. The molecular formula is C28H38ClN3O4. The number of methoxy groups -OCH3 is 1. The number of ether oxygens (including phenoxy) is 2. The maximum Gasteiger partial charge on any atom is 0.406 e. The maximum absolute atomic E-state index is 13.2. The van der Waals surface area contributed by atoms with Gasteiger partial charge in [0, 0.05) is 29.7 Å². The van der Waals surface area contributed by atoms with Gasteiger partial charge in [-0.2, -0.15) is 0 Å². The molecule has 0 heterocycles. The topological polar surface area (TPSA) is 88.7 Å². The number of hydrogen-bond acceptors (Lipinski definition) is 5. The Balaban J connectivity index is 1.73. The number of benzene rings is 2. The molecule has 196 valence electrons. The van der Waals surface area contributed by atoms with Crippen LogP contribution in [-0.2, 0) is 9.47 Å². The van der Waals surface area contributed by atoms with E-state index in [-0.39, 0.29) is 25.1 Å². The number of hydrogen-bond donors (Lipinski definition) is 3. The Morgan fingerprint density at radius 3 is 2.47 bits per heavy atom. The molecule has 3 rings (SSSR count). The summed E-state index contributed by atoms with van der Waals surface area (Å²) in [6, 6.07) is 15.0. The first-order valence-corrected chi connectivity index (χ1v) is 13.1. The van der Waals surface area contributed by atoms with E-state index in [1.165, 1.54) is 39.2 Å². The van der Waals surface area contributed by atoms with Gasteiger partial charge in [0.05, 0.1) is 13.7 Å². The van der Waals surface area contributed by atoms with Crippen molar-refractivity contribution in [2.24, 2.45) is 5.92 Å². The minimum Gasteiger partial charge on any atom is -0.453 e. The molecule has 0 radical (unpaired) electrons. The fourth-order valence-electron chi connectivity index (χ4n) is 4.83. The van der Waals surface area contributed by atoms with E-state index in [0.717, 1.165) is 24.1 Å². The maximum atomic E-state index is 13.2. The van der Waals surface area contributed by atoms with Gasteiger partial charge in [-0.1, -0.05) is 68.0 Å². The summed E-state index contributed by atoms with van der Waals surface area (Å²) >= 11 is 6.25. The number of amides is 2. The van der Waals surface area contributed by atoms with Gasteiger partial charge in [0.2, 0.25) is 0 Å². The third kappa shape index (κ3) is 8.80. The van der Waals surface area contributed by atoms with Crippen LogP contribution in [0.25, 0.3) is 0 Å². The van der Waals surface area contributed by atoms with Gasteiger partial charge in [0.15, 0.2) is 0 Å². The van der Waals surface area contributed by atoms with E-state index in [4.69, 9.17) is 16.3 Å². The van der Waals surface area contributed by atoms with Crippen molar-refractivity contribution in [1.29, 1.82) is 0 Å². The second-order valence-electron chi connectivity index (χ2n) is 9.32. The average molecular weight is 516 g/mol. The second-order valence-corrected chi connectivity index (χ2v) is 9.75. The number of halogens is 1. The number of rotatable bonds is 12. The summed E-state index contributed by atoms with van der Waals surface area (Å²) < 4.78 is 10.8. The molecule has 3 N–H and O–H groups in total. The molecule has 1 saturated carbocycles. The molecule has 0 spiro atoms. The monoisotopic (exact) mass is 515 g/mol. The van der Waals surface area contributed by atoms with Crippen molar-refractivity contribution in [3.8, 4) is 0 Å². The molecule has 36 heavy (non-hydrogen) atoms. The van der Waals surface area contributed by atoms with Crippen LogP contribution in [0, 0.1) is 5.92 Å². The smallest absolute Gasteiger partial charge is 0.406 e. The molecule has 8 heteroatoms. The molecule has 2 aromatic carbocycles. The molecule has 0 bridgehead atoms. The zero-order valence-electron chi connectivity index (χ0n) is 21.2. The van der Waals surface area contributed by atoms with Gasteiger partial charge in [-0.25, -0.2) is 4.79 Å². The normalized spacial score (nSPS) is 15.6. The van der Waals surface area contributed by atoms with Crippen LogP contribution < -0.4 is 16.0 Å². The Morgan fingerprint density at radius 2 is 1.78 bits per heavy atom. The summed E-state index contributed by atoms with van der Waals surface area (Å²) in [6.07, 6.45) is 6.41. The highest BCUT2D eigenvalue weighted by Crippen LogP contribution is 2.29. The predicted octanol–water partition coefficient (Wildman–Crippen LogP) is 5.09. The summed E-state index contributed by atoms with van der Waals surface area (Å²) in [7, 11) is 3.24. The first kappa shape index (κ1) is 28.0. The lowest BCUT2D eigenvalue weighted by Gasteiger charge is -2.27. The molecular weight excluding hydrogens is 478 g/mol. The number of nitrogens with one attached hydrogen (secondary N) is 3. The third-order valence-corrected chi connectivity index (χ3v) is 6.81. The average Bonchev–Trinajstić information content (AvgIpc) is 2.89. The third-order valence-electron chi connectivity index (χ3n) is 6.57. The van der Waals surface area contributed by atoms with Crippen LogP contribution in [0.4, 0.5) is 4.79 Å². The molecule has 0 aliphatic heterocycles. The summed E-state index contributed by atoms with van der Waals surface area (Å²) in [5.74, 6) is 0.577. The highest BCUT2D eigenvalue weighted by Gasteiger charge is 2.22. The Kier molecular flexibility index (Phi) is 11.5. The second kappa shape index (κ2) is 14.8. The first-order valence-electron chi connectivity index (χ1n) is 12.7. The first-order chi connectivity index (χ1) is 17.5. The van der Waals surface area contributed by atoms with Crippen molar-refractivity contribution < 1.29 is 19.1 Å². The molecule has 0 saturated heterocycles. The van der Waals surface area contributed by atoms with E-state index in [9.17, 15) is 9.59 Å².